The van der Waals surface area contributed by atoms with Crippen molar-refractivity contribution in [3.05, 3.63) is 66.0 Å². The third kappa shape index (κ3) is 7.26. The number of hydrogen-bond donors (Lipinski definition) is 2. The van der Waals surface area contributed by atoms with E-state index in [9.17, 15) is 9.59 Å². The molecule has 1 saturated heterocycles. The summed E-state index contributed by atoms with van der Waals surface area (Å²) in [4.78, 5) is 32.3. The van der Waals surface area contributed by atoms with Gasteiger partial charge in [-0.2, -0.15) is 0 Å². The van der Waals surface area contributed by atoms with Crippen molar-refractivity contribution in [3.8, 4) is 17.2 Å². The smallest absolute Gasteiger partial charge is 0.325 e. The number of methoxy groups -OCH3 is 1. The van der Waals surface area contributed by atoms with E-state index in [0.717, 1.165) is 24.0 Å². The van der Waals surface area contributed by atoms with Crippen LogP contribution in [-0.4, -0.2) is 73.9 Å². The van der Waals surface area contributed by atoms with Crippen molar-refractivity contribution in [2.75, 3.05) is 52.8 Å². The predicted molar refractivity (Wildman–Crippen MR) is 167 cm³/mol. The number of carbonyl (C=O) groups excluding carboxylic acids is 2. The maximum Gasteiger partial charge on any atom is 0.325 e. The number of ether oxygens (including phenoxy) is 3. The number of nitrogens with one attached hydrogen (secondary N) is 2. The Kier molecular flexibility index (Phi) is 9.79. The van der Waals surface area contributed by atoms with E-state index in [-0.39, 0.29) is 11.9 Å². The molecular weight excluding hydrogens is 546 g/mol. The fraction of sp³-hybridized carbons (Fsp3) is 0.424. The summed E-state index contributed by atoms with van der Waals surface area (Å²) in [7, 11) is 5.41. The molecule has 10 nitrogen and oxygen atoms in total. The molecule has 2 amide bonds. The van der Waals surface area contributed by atoms with Crippen LogP contribution in [0, 0.1) is 11.8 Å². The molecule has 1 aliphatic heterocycles. The molecule has 43 heavy (non-hydrogen) atoms. The van der Waals surface area contributed by atoms with Crippen molar-refractivity contribution in [1.82, 2.24) is 19.8 Å². The summed E-state index contributed by atoms with van der Waals surface area (Å²) in [5, 5.41) is 6.41. The van der Waals surface area contributed by atoms with Crippen LogP contribution in [0.2, 0.25) is 0 Å². The highest BCUT2D eigenvalue weighted by Gasteiger charge is 2.27. The number of pyridine rings is 1. The minimum atomic E-state index is -0.250. The van der Waals surface area contributed by atoms with E-state index in [1.807, 2.05) is 18.2 Å². The van der Waals surface area contributed by atoms with Crippen LogP contribution in [0.5, 0.6) is 17.2 Å². The SMILES string of the molecule is CNC(=O)n1ccc2cc(Oc3ccnc(NC(=O)C4=CC=C(C5CCN(C)CC5)C(C)C4)c3)c(OCCCOC)cc21. The third-order valence-corrected chi connectivity index (χ3v) is 8.19. The summed E-state index contributed by atoms with van der Waals surface area (Å²) in [6, 6.07) is 8.64. The number of allylic oxidation sites excluding steroid dienone is 3. The fourth-order valence-electron chi connectivity index (χ4n) is 5.81. The molecule has 3 heterocycles. The second-order valence-electron chi connectivity index (χ2n) is 11.3. The summed E-state index contributed by atoms with van der Waals surface area (Å²) >= 11 is 0. The number of benzene rings is 1. The van der Waals surface area contributed by atoms with Gasteiger partial charge in [-0.1, -0.05) is 24.6 Å². The molecular formula is C33H41N5O5. The molecule has 0 bridgehead atoms. The molecule has 1 unspecified atom stereocenters. The van der Waals surface area contributed by atoms with Crippen molar-refractivity contribution in [2.45, 2.75) is 32.6 Å². The standard InChI is InChI=1S/C33H41N5O5/c1-22-18-25(6-7-27(22)23-9-13-37(3)14-10-23)32(39)36-31-20-26(8-12-35-31)43-30-19-24-11-15-38(33(40)34-2)28(24)21-29(30)42-17-5-16-41-4/h6-8,11-12,15,19-23H,5,9-10,13-14,16-18H2,1-4H3,(H,34,40)(H,35,36,39). The van der Waals surface area contributed by atoms with Gasteiger partial charge in [-0.3, -0.25) is 9.36 Å². The second kappa shape index (κ2) is 13.9. The first-order valence-electron chi connectivity index (χ1n) is 14.9. The quantitative estimate of drug-likeness (QED) is 0.297. The molecule has 3 aromatic rings. The number of piperidine rings is 1. The van der Waals surface area contributed by atoms with Gasteiger partial charge >= 0.3 is 6.03 Å². The van der Waals surface area contributed by atoms with Crippen LogP contribution in [0.4, 0.5) is 10.6 Å². The van der Waals surface area contributed by atoms with E-state index in [0.29, 0.717) is 66.5 Å². The molecule has 0 saturated carbocycles. The molecule has 0 spiro atoms. The Balaban J connectivity index is 1.31. The van der Waals surface area contributed by atoms with Gasteiger partial charge in [-0.15, -0.1) is 0 Å². The second-order valence-corrected chi connectivity index (χ2v) is 11.3. The lowest BCUT2D eigenvalue weighted by atomic mass is 9.77. The highest BCUT2D eigenvalue weighted by Crippen LogP contribution is 2.38. The predicted octanol–water partition coefficient (Wildman–Crippen LogP) is 5.60. The fourth-order valence-corrected chi connectivity index (χ4v) is 5.81. The Bertz CT molecular complexity index is 1520. The zero-order chi connectivity index (χ0) is 30.3. The number of carbonyl (C=O) groups is 2. The normalized spacial score (nSPS) is 17.7. The minimum absolute atomic E-state index is 0.158. The minimum Gasteiger partial charge on any atom is -0.490 e. The number of fused-ring (bicyclic) bond motifs is 1. The van der Waals surface area contributed by atoms with Gasteiger partial charge in [-0.25, -0.2) is 9.78 Å². The maximum absolute atomic E-state index is 13.2. The Hall–Kier alpha value is -4.15. The Labute approximate surface area is 252 Å². The van der Waals surface area contributed by atoms with Gasteiger partial charge in [0.1, 0.15) is 11.6 Å². The first-order chi connectivity index (χ1) is 20.9. The number of hydrogen-bond acceptors (Lipinski definition) is 7. The molecule has 2 aromatic heterocycles. The van der Waals surface area contributed by atoms with Crippen LogP contribution in [0.25, 0.3) is 10.9 Å². The first-order valence-corrected chi connectivity index (χ1v) is 14.9. The van der Waals surface area contributed by atoms with E-state index in [1.54, 1.807) is 44.8 Å². The van der Waals surface area contributed by atoms with Crippen molar-refractivity contribution in [3.63, 3.8) is 0 Å². The van der Waals surface area contributed by atoms with Crippen LogP contribution in [-0.2, 0) is 9.53 Å². The third-order valence-electron chi connectivity index (χ3n) is 8.19. The maximum atomic E-state index is 13.2. The largest absolute Gasteiger partial charge is 0.490 e. The number of anilines is 1. The van der Waals surface area contributed by atoms with Gasteiger partial charge in [0.15, 0.2) is 11.5 Å². The van der Waals surface area contributed by atoms with Crippen LogP contribution in [0.1, 0.15) is 32.6 Å². The number of rotatable bonds is 10. The first kappa shape index (κ1) is 30.3. The molecule has 0 radical (unpaired) electrons. The molecule has 1 aromatic carbocycles. The van der Waals surface area contributed by atoms with Crippen molar-refractivity contribution in [2.24, 2.45) is 11.8 Å². The average Bonchev–Trinajstić information content (AvgIpc) is 3.42. The molecule has 1 aliphatic carbocycles. The van der Waals surface area contributed by atoms with Crippen LogP contribution in [0.3, 0.4) is 0 Å². The summed E-state index contributed by atoms with van der Waals surface area (Å²) in [5.41, 5.74) is 2.90. The van der Waals surface area contributed by atoms with Crippen LogP contribution < -0.4 is 20.1 Å². The van der Waals surface area contributed by atoms with Gasteiger partial charge in [-0.05, 0) is 69.4 Å². The summed E-state index contributed by atoms with van der Waals surface area (Å²) in [6.45, 7) is 5.42. The van der Waals surface area contributed by atoms with Crippen molar-refractivity contribution < 1.29 is 23.8 Å². The van der Waals surface area contributed by atoms with E-state index < -0.39 is 0 Å². The Morgan fingerprint density at radius 2 is 1.88 bits per heavy atom. The topological polar surface area (TPSA) is 107 Å². The highest BCUT2D eigenvalue weighted by molar-refractivity contribution is 6.03. The van der Waals surface area contributed by atoms with Crippen molar-refractivity contribution in [1.29, 1.82) is 0 Å². The van der Waals surface area contributed by atoms with E-state index in [4.69, 9.17) is 14.2 Å². The lowest BCUT2D eigenvalue weighted by Crippen LogP contribution is -2.32. The molecule has 1 fully saturated rings. The molecule has 2 N–H and O–H groups in total. The number of nitrogens with zero attached hydrogens (tertiary/aromatic N) is 3. The Morgan fingerprint density at radius 3 is 2.63 bits per heavy atom. The average molecular weight is 588 g/mol. The van der Waals surface area contributed by atoms with E-state index in [1.165, 1.54) is 23.0 Å². The summed E-state index contributed by atoms with van der Waals surface area (Å²) in [5.74, 6) is 2.63. The van der Waals surface area contributed by atoms with Crippen molar-refractivity contribution >= 4 is 28.7 Å². The van der Waals surface area contributed by atoms with Crippen LogP contribution >= 0.6 is 0 Å². The van der Waals surface area contributed by atoms with Gasteiger partial charge < -0.3 is 29.7 Å². The zero-order valence-corrected chi connectivity index (χ0v) is 25.4. The lowest BCUT2D eigenvalue weighted by molar-refractivity contribution is -0.113. The molecule has 5 rings (SSSR count). The number of likely N-dealkylation sites (tertiary alicyclic amines) is 1. The van der Waals surface area contributed by atoms with Gasteiger partial charge in [0, 0.05) is 62.7 Å². The molecule has 10 heteroatoms. The summed E-state index contributed by atoms with van der Waals surface area (Å²) < 4.78 is 19.0. The van der Waals surface area contributed by atoms with E-state index >= 15 is 0 Å². The van der Waals surface area contributed by atoms with Gasteiger partial charge in [0.25, 0.3) is 5.91 Å². The highest BCUT2D eigenvalue weighted by atomic mass is 16.5. The van der Waals surface area contributed by atoms with Gasteiger partial charge in [0.2, 0.25) is 0 Å². The number of amides is 2. The lowest BCUT2D eigenvalue weighted by Gasteiger charge is -2.34. The Morgan fingerprint density at radius 1 is 1.07 bits per heavy atom. The monoisotopic (exact) mass is 587 g/mol. The van der Waals surface area contributed by atoms with Gasteiger partial charge in [0.05, 0.1) is 12.1 Å². The number of aromatic nitrogens is 2. The molecule has 1 atom stereocenters. The summed E-state index contributed by atoms with van der Waals surface area (Å²) in [6.07, 6.45) is 11.2. The molecule has 228 valence electrons. The molecule has 2 aliphatic rings. The van der Waals surface area contributed by atoms with E-state index in [2.05, 4.69) is 40.6 Å². The van der Waals surface area contributed by atoms with Crippen LogP contribution in [0.15, 0.2) is 66.0 Å². The zero-order valence-electron chi connectivity index (χ0n) is 25.4.